The van der Waals surface area contributed by atoms with Crippen LogP contribution in [-0.4, -0.2) is 54.7 Å². The lowest BCUT2D eigenvalue weighted by Gasteiger charge is -2.36. The molecular formula is C13H23N5O. The molecule has 0 unspecified atom stereocenters. The van der Waals surface area contributed by atoms with Crippen LogP contribution in [0, 0.1) is 0 Å². The summed E-state index contributed by atoms with van der Waals surface area (Å²) in [7, 11) is 3.65. The predicted molar refractivity (Wildman–Crippen MR) is 76.5 cm³/mol. The Labute approximate surface area is 114 Å². The molecule has 1 aliphatic heterocycles. The first-order chi connectivity index (χ1) is 9.13. The predicted octanol–water partition coefficient (Wildman–Crippen LogP) is 0.988. The van der Waals surface area contributed by atoms with Gasteiger partial charge in [-0.1, -0.05) is 6.92 Å². The third-order valence-electron chi connectivity index (χ3n) is 3.83. The SMILES string of the molecule is CCN1CCC(N(C)c2cc(OC)nc(N)n2)CC1. The van der Waals surface area contributed by atoms with Gasteiger partial charge in [-0.05, 0) is 19.4 Å². The fourth-order valence-corrected chi connectivity index (χ4v) is 2.53. The number of hydrogen-bond donors (Lipinski definition) is 1. The Morgan fingerprint density at radius 1 is 1.42 bits per heavy atom. The molecule has 106 valence electrons. The number of nitrogen functional groups attached to an aromatic ring is 1. The first kappa shape index (κ1) is 13.9. The van der Waals surface area contributed by atoms with Crippen molar-refractivity contribution in [3.63, 3.8) is 0 Å². The molecule has 0 radical (unpaired) electrons. The third kappa shape index (κ3) is 3.26. The van der Waals surface area contributed by atoms with Gasteiger partial charge in [0.2, 0.25) is 11.8 Å². The summed E-state index contributed by atoms with van der Waals surface area (Å²) in [6, 6.07) is 2.34. The fraction of sp³-hybridized carbons (Fsp3) is 0.692. The van der Waals surface area contributed by atoms with Crippen LogP contribution in [0.1, 0.15) is 19.8 Å². The van der Waals surface area contributed by atoms with E-state index < -0.39 is 0 Å². The first-order valence-corrected chi connectivity index (χ1v) is 6.77. The van der Waals surface area contributed by atoms with Crippen molar-refractivity contribution in [1.82, 2.24) is 14.9 Å². The fourth-order valence-electron chi connectivity index (χ4n) is 2.53. The van der Waals surface area contributed by atoms with E-state index in [2.05, 4.69) is 33.7 Å². The van der Waals surface area contributed by atoms with E-state index in [1.54, 1.807) is 7.11 Å². The zero-order chi connectivity index (χ0) is 13.8. The minimum absolute atomic E-state index is 0.257. The molecule has 6 heteroatoms. The lowest BCUT2D eigenvalue weighted by molar-refractivity contribution is 0.220. The van der Waals surface area contributed by atoms with Crippen LogP contribution in [0.3, 0.4) is 0 Å². The Hall–Kier alpha value is -1.56. The highest BCUT2D eigenvalue weighted by molar-refractivity contribution is 5.45. The van der Waals surface area contributed by atoms with E-state index in [0.717, 1.165) is 38.3 Å². The van der Waals surface area contributed by atoms with Crippen molar-refractivity contribution in [2.45, 2.75) is 25.8 Å². The summed E-state index contributed by atoms with van der Waals surface area (Å²) in [6.07, 6.45) is 2.30. The molecule has 1 aromatic rings. The highest BCUT2D eigenvalue weighted by atomic mass is 16.5. The topological polar surface area (TPSA) is 67.5 Å². The molecule has 6 nitrogen and oxygen atoms in total. The van der Waals surface area contributed by atoms with Crippen LogP contribution in [0.4, 0.5) is 11.8 Å². The zero-order valence-corrected chi connectivity index (χ0v) is 12.0. The molecule has 2 heterocycles. The van der Waals surface area contributed by atoms with Gasteiger partial charge in [-0.2, -0.15) is 9.97 Å². The van der Waals surface area contributed by atoms with Gasteiger partial charge >= 0.3 is 0 Å². The maximum atomic E-state index is 5.71. The van der Waals surface area contributed by atoms with Crippen molar-refractivity contribution in [2.24, 2.45) is 0 Å². The van der Waals surface area contributed by atoms with Gasteiger partial charge in [-0.15, -0.1) is 0 Å². The largest absolute Gasteiger partial charge is 0.481 e. The summed E-state index contributed by atoms with van der Waals surface area (Å²) in [5.41, 5.74) is 5.71. The van der Waals surface area contributed by atoms with E-state index >= 15 is 0 Å². The highest BCUT2D eigenvalue weighted by Crippen LogP contribution is 2.23. The second kappa shape index (κ2) is 6.06. The van der Waals surface area contributed by atoms with Crippen molar-refractivity contribution in [3.8, 4) is 5.88 Å². The lowest BCUT2D eigenvalue weighted by atomic mass is 10.0. The van der Waals surface area contributed by atoms with Crippen LogP contribution in [0.2, 0.25) is 0 Å². The van der Waals surface area contributed by atoms with Gasteiger partial charge < -0.3 is 20.3 Å². The number of piperidine rings is 1. The Kier molecular flexibility index (Phi) is 4.42. The van der Waals surface area contributed by atoms with E-state index in [1.807, 2.05) is 6.07 Å². The summed E-state index contributed by atoms with van der Waals surface area (Å²) in [5, 5.41) is 0. The van der Waals surface area contributed by atoms with E-state index in [1.165, 1.54) is 0 Å². The molecule has 2 N–H and O–H groups in total. The summed E-state index contributed by atoms with van der Waals surface area (Å²) >= 11 is 0. The molecule has 19 heavy (non-hydrogen) atoms. The lowest BCUT2D eigenvalue weighted by Crippen LogP contribution is -2.43. The third-order valence-corrected chi connectivity index (χ3v) is 3.83. The molecule has 0 aliphatic carbocycles. The standard InChI is InChI=1S/C13H23N5O/c1-4-18-7-5-10(6-8-18)17(2)11-9-12(19-3)16-13(14)15-11/h9-10H,4-8H2,1-3H3,(H2,14,15,16). The van der Waals surface area contributed by atoms with Crippen LogP contribution >= 0.6 is 0 Å². The smallest absolute Gasteiger partial charge is 0.225 e. The van der Waals surface area contributed by atoms with Gasteiger partial charge in [0.1, 0.15) is 5.82 Å². The first-order valence-electron chi connectivity index (χ1n) is 6.77. The van der Waals surface area contributed by atoms with E-state index in [4.69, 9.17) is 10.5 Å². The van der Waals surface area contributed by atoms with Gasteiger partial charge in [-0.25, -0.2) is 0 Å². The molecule has 0 aromatic carbocycles. The van der Waals surface area contributed by atoms with Crippen molar-refractivity contribution < 1.29 is 4.74 Å². The Bertz CT molecular complexity index is 417. The van der Waals surface area contributed by atoms with Gasteiger partial charge in [0, 0.05) is 32.2 Å². The minimum atomic E-state index is 0.257. The second-order valence-corrected chi connectivity index (χ2v) is 4.90. The number of likely N-dealkylation sites (tertiary alicyclic amines) is 1. The summed E-state index contributed by atoms with van der Waals surface area (Å²) in [5.74, 6) is 1.60. The van der Waals surface area contributed by atoms with Crippen molar-refractivity contribution in [3.05, 3.63) is 6.07 Å². The molecular weight excluding hydrogens is 242 g/mol. The molecule has 0 bridgehead atoms. The minimum Gasteiger partial charge on any atom is -0.481 e. The van der Waals surface area contributed by atoms with Gasteiger partial charge in [-0.3, -0.25) is 0 Å². The molecule has 2 rings (SSSR count). The monoisotopic (exact) mass is 265 g/mol. The average molecular weight is 265 g/mol. The Balaban J connectivity index is 2.07. The zero-order valence-electron chi connectivity index (χ0n) is 12.0. The molecule has 0 spiro atoms. The number of rotatable bonds is 4. The molecule has 1 aromatic heterocycles. The molecule has 1 saturated heterocycles. The van der Waals surface area contributed by atoms with Crippen LogP contribution in [0.5, 0.6) is 5.88 Å². The van der Waals surface area contributed by atoms with Crippen LogP contribution in [0.25, 0.3) is 0 Å². The van der Waals surface area contributed by atoms with Crippen molar-refractivity contribution >= 4 is 11.8 Å². The summed E-state index contributed by atoms with van der Waals surface area (Å²) in [6.45, 7) is 5.62. The van der Waals surface area contributed by atoms with Crippen LogP contribution < -0.4 is 15.4 Å². The number of nitrogens with two attached hydrogens (primary N) is 1. The summed E-state index contributed by atoms with van der Waals surface area (Å²) in [4.78, 5) is 13.0. The maximum absolute atomic E-state index is 5.71. The van der Waals surface area contributed by atoms with E-state index in [-0.39, 0.29) is 5.95 Å². The molecule has 0 atom stereocenters. The van der Waals surface area contributed by atoms with E-state index in [9.17, 15) is 0 Å². The van der Waals surface area contributed by atoms with Crippen LogP contribution in [-0.2, 0) is 0 Å². The number of aromatic nitrogens is 2. The number of ether oxygens (including phenoxy) is 1. The number of nitrogens with zero attached hydrogens (tertiary/aromatic N) is 4. The van der Waals surface area contributed by atoms with Gasteiger partial charge in [0.15, 0.2) is 0 Å². The molecule has 0 amide bonds. The molecule has 1 fully saturated rings. The van der Waals surface area contributed by atoms with Crippen molar-refractivity contribution in [1.29, 1.82) is 0 Å². The Morgan fingerprint density at radius 3 is 2.68 bits per heavy atom. The van der Waals surface area contributed by atoms with Gasteiger partial charge in [0.25, 0.3) is 0 Å². The van der Waals surface area contributed by atoms with Gasteiger partial charge in [0.05, 0.1) is 7.11 Å². The molecule has 0 saturated carbocycles. The van der Waals surface area contributed by atoms with Crippen molar-refractivity contribution in [2.75, 3.05) is 44.4 Å². The Morgan fingerprint density at radius 2 is 2.11 bits per heavy atom. The van der Waals surface area contributed by atoms with E-state index in [0.29, 0.717) is 11.9 Å². The number of hydrogen-bond acceptors (Lipinski definition) is 6. The average Bonchev–Trinajstić information content (AvgIpc) is 2.46. The van der Waals surface area contributed by atoms with Crippen LogP contribution in [0.15, 0.2) is 6.07 Å². The normalized spacial score (nSPS) is 17.4. The number of methoxy groups -OCH3 is 1. The quantitative estimate of drug-likeness (QED) is 0.875. The second-order valence-electron chi connectivity index (χ2n) is 4.90. The number of anilines is 2. The summed E-state index contributed by atoms with van der Waals surface area (Å²) < 4.78 is 5.14. The maximum Gasteiger partial charge on any atom is 0.225 e. The highest BCUT2D eigenvalue weighted by Gasteiger charge is 2.23. The molecule has 1 aliphatic rings.